The molecule has 4 rings (SSSR count). The Morgan fingerprint density at radius 2 is 1.93 bits per heavy atom. The highest BCUT2D eigenvalue weighted by molar-refractivity contribution is 5.23. The number of nitrogens with zero attached hydrogens (tertiary/aromatic N) is 3. The normalized spacial score (nSPS) is 24.2. The van der Waals surface area contributed by atoms with Crippen LogP contribution in [0.4, 0.5) is 5.82 Å². The lowest BCUT2D eigenvalue weighted by molar-refractivity contribution is -0.0549. The largest absolute Gasteiger partial charge is 0.394 e. The number of aliphatic hydroxyl groups excluding tert-OH is 3. The Bertz CT molecular complexity index is 805. The summed E-state index contributed by atoms with van der Waals surface area (Å²) in [6.45, 7) is -0.453. The Hall–Kier alpha value is -3.25. The second-order valence-corrected chi connectivity index (χ2v) is 5.72. The first-order valence-electron chi connectivity index (χ1n) is 8.59. The predicted octanol–water partition coefficient (Wildman–Crippen LogP) is -0.933. The van der Waals surface area contributed by atoms with Crippen molar-refractivity contribution in [2.45, 2.75) is 24.5 Å². The Morgan fingerprint density at radius 3 is 2.31 bits per heavy atom. The van der Waals surface area contributed by atoms with Gasteiger partial charge >= 0.3 is 5.69 Å². The zero-order chi connectivity index (χ0) is 21.1. The molecule has 2 aliphatic rings. The second kappa shape index (κ2) is 11.6. The van der Waals surface area contributed by atoms with Crippen LogP contribution in [0.5, 0.6) is 0 Å². The number of anilines is 1. The van der Waals surface area contributed by atoms with Crippen molar-refractivity contribution in [3.05, 3.63) is 78.0 Å². The first-order chi connectivity index (χ1) is 14.0. The average molecular weight is 405 g/mol. The third-order valence-corrected chi connectivity index (χ3v) is 3.70. The first kappa shape index (κ1) is 22.0. The summed E-state index contributed by atoms with van der Waals surface area (Å²) in [5.41, 5.74) is 7.15. The molecule has 0 aromatic carbocycles. The maximum atomic E-state index is 11.5. The molecule has 0 amide bonds. The minimum Gasteiger partial charge on any atom is -0.394 e. The maximum Gasteiger partial charge on any atom is 0.351 e. The molecule has 1 saturated heterocycles. The number of allylic oxidation sites excluding steroid dienone is 2. The van der Waals surface area contributed by atoms with E-state index in [2.05, 4.69) is 20.3 Å². The Balaban J connectivity index is 0.000000202. The van der Waals surface area contributed by atoms with Crippen LogP contribution in [0.1, 0.15) is 6.23 Å². The van der Waals surface area contributed by atoms with Crippen LogP contribution in [0.25, 0.3) is 0 Å². The number of hydrogen-bond acceptors (Lipinski definition) is 10. The Labute approximate surface area is 166 Å². The molecule has 0 saturated carbocycles. The van der Waals surface area contributed by atoms with E-state index in [0.717, 1.165) is 4.57 Å². The van der Waals surface area contributed by atoms with Crippen molar-refractivity contribution in [1.29, 1.82) is 0 Å². The lowest BCUT2D eigenvalue weighted by Gasteiger charge is -2.16. The number of hydrogen-bond donors (Lipinski definition) is 5. The van der Waals surface area contributed by atoms with E-state index in [1.54, 1.807) is 30.9 Å². The van der Waals surface area contributed by atoms with Gasteiger partial charge < -0.3 is 30.6 Å². The van der Waals surface area contributed by atoms with E-state index in [9.17, 15) is 15.0 Å². The van der Waals surface area contributed by atoms with Gasteiger partial charge in [-0.3, -0.25) is 9.55 Å². The van der Waals surface area contributed by atoms with Gasteiger partial charge in [-0.1, -0.05) is 6.07 Å². The summed E-state index contributed by atoms with van der Waals surface area (Å²) in [7, 11) is 0. The van der Waals surface area contributed by atoms with E-state index < -0.39 is 36.8 Å². The quantitative estimate of drug-likeness (QED) is 0.421. The summed E-state index contributed by atoms with van der Waals surface area (Å²) in [4.78, 5) is 23.3. The second-order valence-electron chi connectivity index (χ2n) is 5.72. The van der Waals surface area contributed by atoms with Gasteiger partial charge in [-0.15, -0.1) is 0 Å². The smallest absolute Gasteiger partial charge is 0.351 e. The summed E-state index contributed by atoms with van der Waals surface area (Å²) in [6.07, 6.45) is 7.16. The van der Waals surface area contributed by atoms with Crippen molar-refractivity contribution in [2.24, 2.45) is 0 Å². The van der Waals surface area contributed by atoms with E-state index in [4.69, 9.17) is 15.6 Å². The molecule has 0 bridgehead atoms. The van der Waals surface area contributed by atoms with E-state index in [0.29, 0.717) is 0 Å². The number of nitrogens with two attached hydrogens (primary N) is 1. The van der Waals surface area contributed by atoms with Crippen molar-refractivity contribution in [3.8, 4) is 0 Å². The standard InChI is InChI=1S/C9H13N3O5.C5H5N.C4H5NO/c10-5-1-2-12(9(16)11-5)8-7(15)6(14)4(3-13)17-8;2*1-2-4-6-5-3-1/h1-2,4,6-8,13-15H,3H2,(H2,10,11,16);2*1-5H/t4-,6-,7-,8-;;/m1../s1. The Kier molecular flexibility index (Phi) is 8.79. The fourth-order valence-corrected chi connectivity index (χ4v) is 2.30. The molecule has 11 nitrogen and oxygen atoms in total. The zero-order valence-corrected chi connectivity index (χ0v) is 15.4. The summed E-state index contributed by atoms with van der Waals surface area (Å²) in [5, 5.41) is 28.2. The topological polar surface area (TPSA) is 165 Å². The molecule has 0 spiro atoms. The average Bonchev–Trinajstić information content (AvgIpc) is 3.05. The number of hydroxylamine groups is 1. The van der Waals surface area contributed by atoms with Crippen LogP contribution < -0.4 is 16.9 Å². The maximum absolute atomic E-state index is 11.5. The number of nitrogen functional groups attached to an aromatic ring is 1. The number of ether oxygens (including phenoxy) is 1. The van der Waals surface area contributed by atoms with Crippen LogP contribution in [-0.2, 0) is 9.57 Å². The predicted molar refractivity (Wildman–Crippen MR) is 103 cm³/mol. The van der Waals surface area contributed by atoms with E-state index in [-0.39, 0.29) is 5.82 Å². The molecule has 2 aliphatic heterocycles. The molecule has 0 radical (unpaired) electrons. The van der Waals surface area contributed by atoms with Crippen LogP contribution in [0, 0.1) is 0 Å². The van der Waals surface area contributed by atoms with Gasteiger partial charge in [0.25, 0.3) is 0 Å². The molecule has 156 valence electrons. The van der Waals surface area contributed by atoms with Gasteiger partial charge in [0.15, 0.2) is 6.23 Å². The molecule has 6 N–H and O–H groups in total. The van der Waals surface area contributed by atoms with Crippen LogP contribution >= 0.6 is 0 Å². The molecule has 4 atom stereocenters. The van der Waals surface area contributed by atoms with Crippen molar-refractivity contribution < 1.29 is 24.9 Å². The SMILES string of the molecule is C1=CNOC=C1.Nc1ccn([C@@H]2O[C@H](CO)[C@@H](O)[C@H]2O)c(=O)n1.c1ccncc1. The monoisotopic (exact) mass is 405 g/mol. The van der Waals surface area contributed by atoms with E-state index >= 15 is 0 Å². The van der Waals surface area contributed by atoms with Gasteiger partial charge in [0, 0.05) is 24.8 Å². The summed E-state index contributed by atoms with van der Waals surface area (Å²) in [5.74, 6) is 0.0537. The van der Waals surface area contributed by atoms with Crippen molar-refractivity contribution in [3.63, 3.8) is 0 Å². The van der Waals surface area contributed by atoms with Crippen LogP contribution in [-0.4, -0.2) is 54.8 Å². The number of nitrogens with one attached hydrogen (secondary N) is 1. The summed E-state index contributed by atoms with van der Waals surface area (Å²) < 4.78 is 6.19. The molecule has 2 aromatic heterocycles. The molecule has 2 aromatic rings. The minimum absolute atomic E-state index is 0.0537. The highest BCUT2D eigenvalue weighted by Gasteiger charge is 2.43. The highest BCUT2D eigenvalue weighted by Crippen LogP contribution is 2.27. The van der Waals surface area contributed by atoms with Gasteiger partial charge in [-0.2, -0.15) is 4.98 Å². The fourth-order valence-electron chi connectivity index (χ4n) is 2.30. The zero-order valence-electron chi connectivity index (χ0n) is 15.4. The lowest BCUT2D eigenvalue weighted by atomic mass is 10.1. The van der Waals surface area contributed by atoms with Crippen molar-refractivity contribution >= 4 is 5.82 Å². The molecule has 29 heavy (non-hydrogen) atoms. The molecule has 11 heteroatoms. The number of pyridine rings is 1. The fraction of sp³-hybridized carbons (Fsp3) is 0.278. The van der Waals surface area contributed by atoms with Gasteiger partial charge in [0.2, 0.25) is 0 Å². The van der Waals surface area contributed by atoms with Crippen LogP contribution in [0.15, 0.2) is 72.3 Å². The van der Waals surface area contributed by atoms with E-state index in [1.807, 2.05) is 24.3 Å². The van der Waals surface area contributed by atoms with Gasteiger partial charge in [0.05, 0.1) is 6.61 Å². The number of aliphatic hydroxyl groups is 3. The molecular formula is C18H23N5O6. The first-order valence-corrected chi connectivity index (χ1v) is 8.59. The van der Waals surface area contributed by atoms with Gasteiger partial charge in [-0.05, 0) is 30.4 Å². The summed E-state index contributed by atoms with van der Waals surface area (Å²) >= 11 is 0. The third kappa shape index (κ3) is 6.69. The number of rotatable bonds is 2. The highest BCUT2D eigenvalue weighted by atomic mass is 16.6. The van der Waals surface area contributed by atoms with Crippen molar-refractivity contribution in [1.82, 2.24) is 20.0 Å². The molecule has 0 aliphatic carbocycles. The van der Waals surface area contributed by atoms with E-state index in [1.165, 1.54) is 12.3 Å². The van der Waals surface area contributed by atoms with Gasteiger partial charge in [-0.25, -0.2) is 10.3 Å². The molecule has 0 unspecified atom stereocenters. The Morgan fingerprint density at radius 1 is 1.17 bits per heavy atom. The molecular weight excluding hydrogens is 382 g/mol. The van der Waals surface area contributed by atoms with Crippen LogP contribution in [0.2, 0.25) is 0 Å². The summed E-state index contributed by atoms with van der Waals surface area (Å²) in [6, 6.07) is 7.09. The van der Waals surface area contributed by atoms with Crippen molar-refractivity contribution in [2.75, 3.05) is 12.3 Å². The van der Waals surface area contributed by atoms with Crippen LogP contribution in [0.3, 0.4) is 0 Å². The molecule has 4 heterocycles. The lowest BCUT2D eigenvalue weighted by Crippen LogP contribution is -2.36. The minimum atomic E-state index is -1.31. The van der Waals surface area contributed by atoms with Gasteiger partial charge in [0.1, 0.15) is 30.4 Å². The third-order valence-electron chi connectivity index (χ3n) is 3.70. The number of aromatic nitrogens is 3. The molecule has 1 fully saturated rings.